The van der Waals surface area contributed by atoms with Crippen molar-refractivity contribution in [3.8, 4) is 0 Å². The summed E-state index contributed by atoms with van der Waals surface area (Å²) in [6.45, 7) is 2.82. The van der Waals surface area contributed by atoms with Crippen molar-refractivity contribution in [3.05, 3.63) is 66.0 Å². The molecule has 0 aliphatic heterocycles. The molecular weight excluding hydrogens is 304 g/mol. The topological polar surface area (TPSA) is 85.8 Å². The predicted molar refractivity (Wildman–Crippen MR) is 88.4 cm³/mol. The number of benzene rings is 1. The fourth-order valence-electron chi connectivity index (χ4n) is 2.49. The molecular formula is C16H16N8. The molecule has 4 aromatic rings. The maximum atomic E-state index is 4.43. The number of rotatable bonds is 5. The molecule has 3 aromatic heterocycles. The Hall–Kier alpha value is -3.29. The average molecular weight is 320 g/mol. The lowest BCUT2D eigenvalue weighted by molar-refractivity contribution is 0.685. The van der Waals surface area contributed by atoms with E-state index < -0.39 is 0 Å². The normalized spacial score (nSPS) is 12.4. The zero-order chi connectivity index (χ0) is 16.4. The van der Waals surface area contributed by atoms with Gasteiger partial charge in [0.25, 0.3) is 0 Å². The Kier molecular flexibility index (Phi) is 3.62. The number of aromatic nitrogens is 7. The zero-order valence-corrected chi connectivity index (χ0v) is 13.1. The second-order valence-corrected chi connectivity index (χ2v) is 5.57. The average Bonchev–Trinajstić information content (AvgIpc) is 3.24. The van der Waals surface area contributed by atoms with Crippen LogP contribution in [-0.4, -0.2) is 35.0 Å². The van der Waals surface area contributed by atoms with Crippen LogP contribution in [0.25, 0.3) is 5.65 Å². The van der Waals surface area contributed by atoms with E-state index in [0.717, 1.165) is 12.1 Å². The van der Waals surface area contributed by atoms with Gasteiger partial charge in [-0.25, -0.2) is 0 Å². The Balaban J connectivity index is 1.47. The minimum Gasteiger partial charge on any atom is -0.362 e. The van der Waals surface area contributed by atoms with Crippen molar-refractivity contribution in [1.29, 1.82) is 0 Å². The molecule has 0 spiro atoms. The van der Waals surface area contributed by atoms with Crippen LogP contribution in [0.3, 0.4) is 0 Å². The Morgan fingerprint density at radius 3 is 2.88 bits per heavy atom. The fourth-order valence-corrected chi connectivity index (χ4v) is 2.49. The van der Waals surface area contributed by atoms with Crippen LogP contribution in [0.15, 0.2) is 54.9 Å². The summed E-state index contributed by atoms with van der Waals surface area (Å²) in [6, 6.07) is 14.0. The van der Waals surface area contributed by atoms with Crippen molar-refractivity contribution < 1.29 is 0 Å². The van der Waals surface area contributed by atoms with Gasteiger partial charge in [0, 0.05) is 11.8 Å². The summed E-state index contributed by atoms with van der Waals surface area (Å²) in [4.78, 5) is 0. The number of nitrogens with one attached hydrogen (secondary N) is 1. The van der Waals surface area contributed by atoms with Gasteiger partial charge in [-0.3, -0.25) is 4.68 Å². The van der Waals surface area contributed by atoms with E-state index in [1.54, 1.807) is 0 Å². The van der Waals surface area contributed by atoms with E-state index in [0.29, 0.717) is 11.5 Å². The van der Waals surface area contributed by atoms with Crippen molar-refractivity contribution in [2.24, 2.45) is 0 Å². The van der Waals surface area contributed by atoms with Crippen LogP contribution in [0.4, 0.5) is 5.82 Å². The maximum Gasteiger partial charge on any atom is 0.200 e. The number of nitrogens with zero attached hydrogens (tertiary/aromatic N) is 7. The van der Waals surface area contributed by atoms with Gasteiger partial charge in [-0.1, -0.05) is 30.3 Å². The summed E-state index contributed by atoms with van der Waals surface area (Å²) in [7, 11) is 0. The molecule has 0 fully saturated rings. The van der Waals surface area contributed by atoms with E-state index in [1.165, 1.54) is 10.2 Å². The molecule has 1 unspecified atom stereocenters. The minimum absolute atomic E-state index is 0.0657. The number of anilines is 1. The minimum atomic E-state index is 0.0657. The van der Waals surface area contributed by atoms with Crippen molar-refractivity contribution >= 4 is 11.5 Å². The van der Waals surface area contributed by atoms with Crippen molar-refractivity contribution in [2.45, 2.75) is 19.5 Å². The smallest absolute Gasteiger partial charge is 0.200 e. The van der Waals surface area contributed by atoms with E-state index in [9.17, 15) is 0 Å². The van der Waals surface area contributed by atoms with Gasteiger partial charge in [0.1, 0.15) is 5.82 Å². The molecule has 0 amide bonds. The number of tetrazole rings is 1. The summed E-state index contributed by atoms with van der Waals surface area (Å²) >= 11 is 0. The highest BCUT2D eigenvalue weighted by Crippen LogP contribution is 2.17. The summed E-state index contributed by atoms with van der Waals surface area (Å²) in [5, 5.41) is 23.3. The monoisotopic (exact) mass is 320 g/mol. The molecule has 0 radical (unpaired) electrons. The summed E-state index contributed by atoms with van der Waals surface area (Å²) in [6.07, 6.45) is 3.91. The Labute approximate surface area is 138 Å². The van der Waals surface area contributed by atoms with Gasteiger partial charge in [-0.15, -0.1) is 14.8 Å². The summed E-state index contributed by atoms with van der Waals surface area (Å²) in [5.74, 6) is 0.707. The Morgan fingerprint density at radius 1 is 1.12 bits per heavy atom. The van der Waals surface area contributed by atoms with E-state index >= 15 is 0 Å². The largest absolute Gasteiger partial charge is 0.362 e. The van der Waals surface area contributed by atoms with Crippen molar-refractivity contribution in [3.63, 3.8) is 0 Å². The maximum absolute atomic E-state index is 4.43. The first-order valence-corrected chi connectivity index (χ1v) is 7.66. The first-order chi connectivity index (χ1) is 11.8. The molecule has 8 nitrogen and oxygen atoms in total. The summed E-state index contributed by atoms with van der Waals surface area (Å²) in [5.41, 5.74) is 2.92. The van der Waals surface area contributed by atoms with E-state index in [2.05, 4.69) is 50.1 Å². The van der Waals surface area contributed by atoms with Crippen LogP contribution in [0.2, 0.25) is 0 Å². The third-order valence-corrected chi connectivity index (χ3v) is 3.77. The Bertz CT molecular complexity index is 943. The van der Waals surface area contributed by atoms with Gasteiger partial charge in [0.15, 0.2) is 5.65 Å². The fraction of sp³-hybridized carbons (Fsp3) is 0.188. The molecule has 0 aliphatic rings. The second-order valence-electron chi connectivity index (χ2n) is 5.57. The molecule has 1 N–H and O–H groups in total. The van der Waals surface area contributed by atoms with E-state index in [1.807, 2.05) is 47.4 Å². The molecule has 0 bridgehead atoms. The molecule has 24 heavy (non-hydrogen) atoms. The molecule has 1 aromatic carbocycles. The quantitative estimate of drug-likeness (QED) is 0.605. The molecule has 120 valence electrons. The number of hydrogen-bond acceptors (Lipinski definition) is 6. The lowest BCUT2D eigenvalue weighted by Crippen LogP contribution is -2.09. The number of fused-ring (bicyclic) bond motifs is 1. The molecule has 8 heteroatoms. The van der Waals surface area contributed by atoms with Crippen LogP contribution in [0, 0.1) is 0 Å². The second kappa shape index (κ2) is 6.07. The van der Waals surface area contributed by atoms with Crippen LogP contribution in [-0.2, 0) is 6.54 Å². The van der Waals surface area contributed by atoms with Gasteiger partial charge < -0.3 is 5.32 Å². The first-order valence-electron chi connectivity index (χ1n) is 7.66. The van der Waals surface area contributed by atoms with Gasteiger partial charge in [0.2, 0.25) is 0 Å². The molecule has 3 heterocycles. The summed E-state index contributed by atoms with van der Waals surface area (Å²) < 4.78 is 3.33. The molecule has 4 rings (SSSR count). The standard InChI is InChI=1S/C16H16N8/c1-12(18-15-7-8-16-19-21-22-24(16)20-15)14-9-17-23(11-14)10-13-5-3-2-4-6-13/h2-9,11-12H,10H2,1H3,(H,18,20). The molecule has 0 saturated heterocycles. The van der Waals surface area contributed by atoms with Crippen molar-refractivity contribution in [1.82, 2.24) is 35.0 Å². The lowest BCUT2D eigenvalue weighted by atomic mass is 10.2. The van der Waals surface area contributed by atoms with Gasteiger partial charge in [0.05, 0.1) is 18.8 Å². The lowest BCUT2D eigenvalue weighted by Gasteiger charge is -2.12. The third kappa shape index (κ3) is 2.94. The van der Waals surface area contributed by atoms with Crippen LogP contribution < -0.4 is 5.32 Å². The predicted octanol–water partition coefficient (Wildman–Crippen LogP) is 1.94. The van der Waals surface area contributed by atoms with E-state index in [4.69, 9.17) is 0 Å². The van der Waals surface area contributed by atoms with Crippen LogP contribution in [0.1, 0.15) is 24.1 Å². The van der Waals surface area contributed by atoms with Crippen LogP contribution >= 0.6 is 0 Å². The number of hydrogen-bond donors (Lipinski definition) is 1. The third-order valence-electron chi connectivity index (χ3n) is 3.77. The molecule has 0 saturated carbocycles. The molecule has 1 atom stereocenters. The van der Waals surface area contributed by atoms with Gasteiger partial charge in [-0.2, -0.15) is 5.10 Å². The highest BCUT2D eigenvalue weighted by atomic mass is 15.6. The molecule has 0 aliphatic carbocycles. The van der Waals surface area contributed by atoms with Crippen LogP contribution in [0.5, 0.6) is 0 Å². The zero-order valence-electron chi connectivity index (χ0n) is 13.1. The highest BCUT2D eigenvalue weighted by Gasteiger charge is 2.10. The Morgan fingerprint density at radius 2 is 2.00 bits per heavy atom. The van der Waals surface area contributed by atoms with Gasteiger partial charge >= 0.3 is 0 Å². The highest BCUT2D eigenvalue weighted by molar-refractivity contribution is 5.43. The van der Waals surface area contributed by atoms with E-state index in [-0.39, 0.29) is 6.04 Å². The van der Waals surface area contributed by atoms with Gasteiger partial charge in [-0.05, 0) is 35.0 Å². The first kappa shape index (κ1) is 14.3. The SMILES string of the molecule is CC(Nc1ccc2nnnn2n1)c1cnn(Cc2ccccc2)c1. The van der Waals surface area contributed by atoms with Crippen molar-refractivity contribution in [2.75, 3.05) is 5.32 Å².